The normalized spacial score (nSPS) is 22.0. The van der Waals surface area contributed by atoms with Crippen LogP contribution in [0.3, 0.4) is 0 Å². The first-order valence-corrected chi connectivity index (χ1v) is 9.07. The second kappa shape index (κ2) is 8.52. The Balaban J connectivity index is 1.81. The van der Waals surface area contributed by atoms with E-state index in [1.54, 1.807) is 20.4 Å². The van der Waals surface area contributed by atoms with Gasteiger partial charge in [0.25, 0.3) is 0 Å². The van der Waals surface area contributed by atoms with Crippen LogP contribution >= 0.6 is 11.8 Å². The quantitative estimate of drug-likeness (QED) is 0.739. The standard InChI is InChI=1S/C17H27NO2S/c1-4-13-5-7-14(8-6-13)11-21-12-15-17(20-3)16(19-2)9-10-18-15/h9-10,13-14H,4-8,11-12H2,1-3H3. The van der Waals surface area contributed by atoms with Gasteiger partial charge in [0.15, 0.2) is 11.5 Å². The largest absolute Gasteiger partial charge is 0.493 e. The molecule has 118 valence electrons. The number of pyridine rings is 1. The Bertz CT molecular complexity index is 431. The fourth-order valence-corrected chi connectivity index (χ4v) is 4.27. The third-order valence-corrected chi connectivity index (χ3v) is 5.69. The molecule has 0 spiro atoms. The Labute approximate surface area is 132 Å². The van der Waals surface area contributed by atoms with Crippen LogP contribution in [0.1, 0.15) is 44.7 Å². The number of ether oxygens (including phenoxy) is 2. The maximum absolute atomic E-state index is 5.44. The third-order valence-electron chi connectivity index (χ3n) is 4.50. The lowest BCUT2D eigenvalue weighted by molar-refractivity contribution is 0.287. The number of hydrogen-bond acceptors (Lipinski definition) is 4. The van der Waals surface area contributed by atoms with Gasteiger partial charge in [0, 0.05) is 18.0 Å². The second-order valence-electron chi connectivity index (χ2n) is 5.80. The Morgan fingerprint density at radius 3 is 2.48 bits per heavy atom. The molecule has 0 N–H and O–H groups in total. The summed E-state index contributed by atoms with van der Waals surface area (Å²) in [6.45, 7) is 2.32. The van der Waals surface area contributed by atoms with Crippen molar-refractivity contribution >= 4 is 11.8 Å². The Kier molecular flexibility index (Phi) is 6.68. The fourth-order valence-electron chi connectivity index (χ4n) is 3.08. The molecular formula is C17H27NO2S. The van der Waals surface area contributed by atoms with E-state index in [9.17, 15) is 0 Å². The molecule has 0 unspecified atom stereocenters. The molecule has 1 aromatic rings. The van der Waals surface area contributed by atoms with Crippen molar-refractivity contribution in [1.29, 1.82) is 0 Å². The predicted molar refractivity (Wildman–Crippen MR) is 89.2 cm³/mol. The average molecular weight is 309 g/mol. The van der Waals surface area contributed by atoms with E-state index in [2.05, 4.69) is 11.9 Å². The lowest BCUT2D eigenvalue weighted by atomic mass is 9.82. The molecule has 1 aromatic heterocycles. The first-order chi connectivity index (χ1) is 10.3. The van der Waals surface area contributed by atoms with Crippen LogP contribution in [-0.2, 0) is 5.75 Å². The molecule has 0 saturated heterocycles. The van der Waals surface area contributed by atoms with Crippen LogP contribution < -0.4 is 9.47 Å². The molecule has 1 aliphatic carbocycles. The lowest BCUT2D eigenvalue weighted by Gasteiger charge is -2.27. The van der Waals surface area contributed by atoms with Crippen LogP contribution in [0.5, 0.6) is 11.5 Å². The molecule has 0 bridgehead atoms. The molecular weight excluding hydrogens is 282 g/mol. The molecule has 0 aliphatic heterocycles. The summed E-state index contributed by atoms with van der Waals surface area (Å²) in [5.74, 6) is 5.54. The van der Waals surface area contributed by atoms with Gasteiger partial charge in [-0.1, -0.05) is 26.2 Å². The van der Waals surface area contributed by atoms with Gasteiger partial charge >= 0.3 is 0 Å². The monoisotopic (exact) mass is 309 g/mol. The molecule has 1 aliphatic rings. The fraction of sp³-hybridized carbons (Fsp3) is 0.706. The maximum atomic E-state index is 5.44. The van der Waals surface area contributed by atoms with Gasteiger partial charge in [-0.3, -0.25) is 4.98 Å². The Morgan fingerprint density at radius 1 is 1.14 bits per heavy atom. The molecule has 0 radical (unpaired) electrons. The van der Waals surface area contributed by atoms with Gasteiger partial charge in [-0.25, -0.2) is 0 Å². The molecule has 1 fully saturated rings. The van der Waals surface area contributed by atoms with Crippen molar-refractivity contribution in [2.24, 2.45) is 11.8 Å². The SMILES string of the molecule is CCC1CCC(CSCc2nccc(OC)c2OC)CC1. The van der Waals surface area contributed by atoms with E-state index in [0.717, 1.165) is 34.8 Å². The van der Waals surface area contributed by atoms with Crippen molar-refractivity contribution in [3.8, 4) is 11.5 Å². The van der Waals surface area contributed by atoms with Gasteiger partial charge in [0.2, 0.25) is 0 Å². The van der Waals surface area contributed by atoms with E-state index in [1.165, 1.54) is 37.9 Å². The highest BCUT2D eigenvalue weighted by molar-refractivity contribution is 7.98. The summed E-state index contributed by atoms with van der Waals surface area (Å²) in [5.41, 5.74) is 0.990. The number of aromatic nitrogens is 1. The van der Waals surface area contributed by atoms with E-state index in [-0.39, 0.29) is 0 Å². The van der Waals surface area contributed by atoms with Gasteiger partial charge in [-0.05, 0) is 30.4 Å². The highest BCUT2D eigenvalue weighted by atomic mass is 32.2. The second-order valence-corrected chi connectivity index (χ2v) is 6.83. The summed E-state index contributed by atoms with van der Waals surface area (Å²) in [6, 6.07) is 1.85. The van der Waals surface area contributed by atoms with E-state index >= 15 is 0 Å². The highest BCUT2D eigenvalue weighted by Crippen LogP contribution is 2.35. The number of nitrogens with zero attached hydrogens (tertiary/aromatic N) is 1. The molecule has 1 heterocycles. The third kappa shape index (κ3) is 4.53. The zero-order valence-corrected chi connectivity index (χ0v) is 14.2. The van der Waals surface area contributed by atoms with Crippen LogP contribution in [-0.4, -0.2) is 25.0 Å². The van der Waals surface area contributed by atoms with E-state index in [1.807, 2.05) is 17.8 Å². The summed E-state index contributed by atoms with van der Waals surface area (Å²) in [4.78, 5) is 4.44. The zero-order chi connectivity index (χ0) is 15.1. The molecule has 0 amide bonds. The summed E-state index contributed by atoms with van der Waals surface area (Å²) < 4.78 is 10.8. The van der Waals surface area contributed by atoms with E-state index in [4.69, 9.17) is 9.47 Å². The highest BCUT2D eigenvalue weighted by Gasteiger charge is 2.20. The Morgan fingerprint density at radius 2 is 1.86 bits per heavy atom. The molecule has 0 aromatic carbocycles. The minimum absolute atomic E-state index is 0.770. The van der Waals surface area contributed by atoms with Crippen molar-refractivity contribution in [3.63, 3.8) is 0 Å². The minimum atomic E-state index is 0.770. The van der Waals surface area contributed by atoms with E-state index < -0.39 is 0 Å². The topological polar surface area (TPSA) is 31.4 Å². The summed E-state index contributed by atoms with van der Waals surface area (Å²) in [7, 11) is 3.35. The first-order valence-electron chi connectivity index (χ1n) is 7.92. The van der Waals surface area contributed by atoms with Crippen molar-refractivity contribution in [2.75, 3.05) is 20.0 Å². The van der Waals surface area contributed by atoms with Gasteiger partial charge in [-0.2, -0.15) is 11.8 Å². The molecule has 21 heavy (non-hydrogen) atoms. The summed E-state index contributed by atoms with van der Waals surface area (Å²) >= 11 is 1.97. The van der Waals surface area contributed by atoms with Crippen LogP contribution in [0.25, 0.3) is 0 Å². The molecule has 2 rings (SSSR count). The molecule has 4 heteroatoms. The predicted octanol–water partition coefficient (Wildman–Crippen LogP) is 4.55. The van der Waals surface area contributed by atoms with Gasteiger partial charge in [-0.15, -0.1) is 0 Å². The molecule has 1 saturated carbocycles. The zero-order valence-electron chi connectivity index (χ0n) is 13.4. The maximum Gasteiger partial charge on any atom is 0.183 e. The van der Waals surface area contributed by atoms with Crippen LogP contribution in [0, 0.1) is 11.8 Å². The van der Waals surface area contributed by atoms with Gasteiger partial charge in [0.1, 0.15) is 0 Å². The number of rotatable bonds is 7. The lowest BCUT2D eigenvalue weighted by Crippen LogP contribution is -2.15. The first kappa shape index (κ1) is 16.5. The number of hydrogen-bond donors (Lipinski definition) is 0. The number of thioether (sulfide) groups is 1. The Hall–Kier alpha value is -0.900. The molecule has 0 atom stereocenters. The average Bonchev–Trinajstić information content (AvgIpc) is 2.55. The van der Waals surface area contributed by atoms with Crippen molar-refractivity contribution in [3.05, 3.63) is 18.0 Å². The smallest absolute Gasteiger partial charge is 0.183 e. The molecule has 3 nitrogen and oxygen atoms in total. The van der Waals surface area contributed by atoms with E-state index in [0.29, 0.717) is 0 Å². The minimum Gasteiger partial charge on any atom is -0.493 e. The van der Waals surface area contributed by atoms with Crippen molar-refractivity contribution in [1.82, 2.24) is 4.98 Å². The van der Waals surface area contributed by atoms with Crippen molar-refractivity contribution in [2.45, 2.75) is 44.8 Å². The summed E-state index contributed by atoms with van der Waals surface area (Å²) in [6.07, 6.45) is 8.78. The van der Waals surface area contributed by atoms with Gasteiger partial charge in [0.05, 0.1) is 19.9 Å². The van der Waals surface area contributed by atoms with Crippen LogP contribution in [0.2, 0.25) is 0 Å². The summed E-state index contributed by atoms with van der Waals surface area (Å²) in [5, 5.41) is 0. The van der Waals surface area contributed by atoms with Gasteiger partial charge < -0.3 is 9.47 Å². The van der Waals surface area contributed by atoms with Crippen LogP contribution in [0.15, 0.2) is 12.3 Å². The van der Waals surface area contributed by atoms with Crippen molar-refractivity contribution < 1.29 is 9.47 Å². The van der Waals surface area contributed by atoms with Crippen LogP contribution in [0.4, 0.5) is 0 Å². The number of methoxy groups -OCH3 is 2.